The monoisotopic (exact) mass is 171 g/mol. The van der Waals surface area contributed by atoms with Crippen molar-refractivity contribution in [3.05, 3.63) is 0 Å². The van der Waals surface area contributed by atoms with E-state index in [9.17, 15) is 4.79 Å². The van der Waals surface area contributed by atoms with Gasteiger partial charge in [0.25, 0.3) is 0 Å². The van der Waals surface area contributed by atoms with Crippen molar-refractivity contribution < 1.29 is 9.53 Å². The summed E-state index contributed by atoms with van der Waals surface area (Å²) in [5.74, 6) is 0.244. The molecule has 0 aromatic carbocycles. The minimum Gasteiger partial charge on any atom is -0.379 e. The zero-order valence-electron chi connectivity index (χ0n) is 7.88. The van der Waals surface area contributed by atoms with Gasteiger partial charge in [-0.3, -0.25) is 4.79 Å². The van der Waals surface area contributed by atoms with Crippen LogP contribution < -0.4 is 0 Å². The van der Waals surface area contributed by atoms with Crippen molar-refractivity contribution in [3.8, 4) is 0 Å². The molecule has 0 radical (unpaired) electrons. The van der Waals surface area contributed by atoms with Gasteiger partial charge in [0.15, 0.2) is 0 Å². The van der Waals surface area contributed by atoms with Gasteiger partial charge >= 0.3 is 0 Å². The molecule has 1 aliphatic heterocycles. The third-order valence-corrected chi connectivity index (χ3v) is 2.31. The van der Waals surface area contributed by atoms with Crippen LogP contribution in [0.4, 0.5) is 0 Å². The van der Waals surface area contributed by atoms with Crippen molar-refractivity contribution in [2.24, 2.45) is 0 Å². The predicted molar refractivity (Wildman–Crippen MR) is 46.9 cm³/mol. The molecule has 0 spiro atoms. The summed E-state index contributed by atoms with van der Waals surface area (Å²) in [6.07, 6.45) is 2.58. The van der Waals surface area contributed by atoms with E-state index < -0.39 is 0 Å². The second kappa shape index (κ2) is 4.45. The Balaban J connectivity index is 2.34. The number of rotatable bonds is 3. The number of hydrogen-bond donors (Lipinski definition) is 0. The molecule has 1 heterocycles. The molecule has 0 aliphatic carbocycles. The van der Waals surface area contributed by atoms with Gasteiger partial charge in [-0.15, -0.1) is 0 Å². The summed E-state index contributed by atoms with van der Waals surface area (Å²) in [5, 5.41) is 0. The predicted octanol–water partition coefficient (Wildman–Crippen LogP) is 1.03. The summed E-state index contributed by atoms with van der Waals surface area (Å²) in [5.41, 5.74) is 0. The zero-order chi connectivity index (χ0) is 8.97. The van der Waals surface area contributed by atoms with Crippen molar-refractivity contribution in [1.29, 1.82) is 0 Å². The van der Waals surface area contributed by atoms with Gasteiger partial charge < -0.3 is 9.64 Å². The lowest BCUT2D eigenvalue weighted by Crippen LogP contribution is -2.37. The largest absolute Gasteiger partial charge is 0.379 e. The lowest BCUT2D eigenvalue weighted by atomic mass is 10.2. The van der Waals surface area contributed by atoms with Crippen molar-refractivity contribution in [2.75, 3.05) is 20.3 Å². The van der Waals surface area contributed by atoms with Gasteiger partial charge in [-0.1, -0.05) is 6.92 Å². The summed E-state index contributed by atoms with van der Waals surface area (Å²) in [6, 6.07) is 0.323. The first-order valence-electron chi connectivity index (χ1n) is 4.59. The molecule has 1 unspecified atom stereocenters. The third kappa shape index (κ3) is 2.21. The molecule has 0 saturated carbocycles. The Morgan fingerprint density at radius 3 is 2.92 bits per heavy atom. The van der Waals surface area contributed by atoms with Gasteiger partial charge in [0.1, 0.15) is 0 Å². The first-order valence-corrected chi connectivity index (χ1v) is 4.59. The molecule has 3 nitrogen and oxygen atoms in total. The Labute approximate surface area is 73.7 Å². The van der Waals surface area contributed by atoms with Gasteiger partial charge in [-0.2, -0.15) is 0 Å². The average Bonchev–Trinajstić information content (AvgIpc) is 2.55. The Morgan fingerprint density at radius 1 is 1.67 bits per heavy atom. The number of carbonyl (C=O) groups is 1. The van der Waals surface area contributed by atoms with E-state index in [4.69, 9.17) is 4.74 Å². The molecular weight excluding hydrogens is 154 g/mol. The van der Waals surface area contributed by atoms with Crippen molar-refractivity contribution >= 4 is 5.91 Å². The molecule has 0 N–H and O–H groups in total. The summed E-state index contributed by atoms with van der Waals surface area (Å²) >= 11 is 0. The smallest absolute Gasteiger partial charge is 0.222 e. The van der Waals surface area contributed by atoms with Crippen LogP contribution in [0.5, 0.6) is 0 Å². The molecule has 70 valence electrons. The van der Waals surface area contributed by atoms with Crippen LogP contribution in [0.25, 0.3) is 0 Å². The lowest BCUT2D eigenvalue weighted by molar-refractivity contribution is -0.132. The van der Waals surface area contributed by atoms with Gasteiger partial charge in [0, 0.05) is 20.1 Å². The standard InChI is InChI=1S/C9H17NO2/c1-3-4-9(11)10(2)8-5-6-12-7-8/h8H,3-7H2,1-2H3. The highest BCUT2D eigenvalue weighted by atomic mass is 16.5. The highest BCUT2D eigenvalue weighted by molar-refractivity contribution is 5.76. The Hall–Kier alpha value is -0.570. The fourth-order valence-corrected chi connectivity index (χ4v) is 1.42. The van der Waals surface area contributed by atoms with E-state index in [0.29, 0.717) is 19.1 Å². The minimum atomic E-state index is 0.244. The van der Waals surface area contributed by atoms with Crippen LogP contribution >= 0.6 is 0 Å². The van der Waals surface area contributed by atoms with E-state index in [1.165, 1.54) is 0 Å². The maximum Gasteiger partial charge on any atom is 0.222 e. The molecule has 0 aromatic heterocycles. The molecule has 3 heteroatoms. The number of likely N-dealkylation sites (N-methyl/N-ethyl adjacent to an activating group) is 1. The Morgan fingerprint density at radius 2 is 2.42 bits per heavy atom. The first kappa shape index (κ1) is 9.52. The van der Waals surface area contributed by atoms with Crippen LogP contribution in [0.3, 0.4) is 0 Å². The van der Waals surface area contributed by atoms with Crippen molar-refractivity contribution in [3.63, 3.8) is 0 Å². The van der Waals surface area contributed by atoms with E-state index >= 15 is 0 Å². The molecule has 1 fully saturated rings. The van der Waals surface area contributed by atoms with Crippen LogP contribution in [0.2, 0.25) is 0 Å². The second-order valence-corrected chi connectivity index (χ2v) is 3.27. The molecule has 1 atom stereocenters. The van der Waals surface area contributed by atoms with Crippen LogP contribution in [0.15, 0.2) is 0 Å². The summed E-state index contributed by atoms with van der Waals surface area (Å²) in [6.45, 7) is 3.54. The molecule has 0 aromatic rings. The molecule has 0 bridgehead atoms. The Kier molecular flexibility index (Phi) is 3.53. The van der Waals surface area contributed by atoms with E-state index in [0.717, 1.165) is 19.4 Å². The SMILES string of the molecule is CCCC(=O)N(C)C1CCOC1. The summed E-state index contributed by atoms with van der Waals surface area (Å²) in [7, 11) is 1.87. The number of hydrogen-bond acceptors (Lipinski definition) is 2. The summed E-state index contributed by atoms with van der Waals surface area (Å²) < 4.78 is 5.21. The fraction of sp³-hybridized carbons (Fsp3) is 0.889. The zero-order valence-corrected chi connectivity index (χ0v) is 7.88. The lowest BCUT2D eigenvalue weighted by Gasteiger charge is -2.22. The maximum atomic E-state index is 11.4. The number of amides is 1. The second-order valence-electron chi connectivity index (χ2n) is 3.27. The third-order valence-electron chi connectivity index (χ3n) is 2.31. The highest BCUT2D eigenvalue weighted by Gasteiger charge is 2.22. The van der Waals surface area contributed by atoms with Crippen LogP contribution in [0.1, 0.15) is 26.2 Å². The van der Waals surface area contributed by atoms with Gasteiger partial charge in [0.2, 0.25) is 5.91 Å². The summed E-state index contributed by atoms with van der Waals surface area (Å²) in [4.78, 5) is 13.2. The molecule has 1 aliphatic rings. The topological polar surface area (TPSA) is 29.5 Å². The van der Waals surface area contributed by atoms with E-state index in [1.54, 1.807) is 0 Å². The number of nitrogens with zero attached hydrogens (tertiary/aromatic N) is 1. The Bertz CT molecular complexity index is 153. The number of ether oxygens (including phenoxy) is 1. The normalized spacial score (nSPS) is 22.7. The molecule has 1 saturated heterocycles. The van der Waals surface area contributed by atoms with Crippen LogP contribution in [0, 0.1) is 0 Å². The van der Waals surface area contributed by atoms with Gasteiger partial charge in [-0.05, 0) is 12.8 Å². The maximum absolute atomic E-state index is 11.4. The van der Waals surface area contributed by atoms with E-state index in [2.05, 4.69) is 0 Å². The van der Waals surface area contributed by atoms with Crippen LogP contribution in [-0.2, 0) is 9.53 Å². The van der Waals surface area contributed by atoms with Crippen molar-refractivity contribution in [2.45, 2.75) is 32.2 Å². The van der Waals surface area contributed by atoms with Gasteiger partial charge in [0.05, 0.1) is 12.6 Å². The number of carbonyl (C=O) groups excluding carboxylic acids is 1. The van der Waals surface area contributed by atoms with Crippen molar-refractivity contribution in [1.82, 2.24) is 4.90 Å². The molecule has 1 rings (SSSR count). The van der Waals surface area contributed by atoms with Crippen LogP contribution in [-0.4, -0.2) is 37.1 Å². The average molecular weight is 171 g/mol. The molecule has 1 amide bonds. The quantitative estimate of drug-likeness (QED) is 0.635. The highest BCUT2D eigenvalue weighted by Crippen LogP contribution is 2.11. The molecular formula is C9H17NO2. The van der Waals surface area contributed by atoms with E-state index in [-0.39, 0.29) is 5.91 Å². The van der Waals surface area contributed by atoms with Gasteiger partial charge in [-0.25, -0.2) is 0 Å². The first-order chi connectivity index (χ1) is 5.75. The molecule has 12 heavy (non-hydrogen) atoms. The van der Waals surface area contributed by atoms with E-state index in [1.807, 2.05) is 18.9 Å². The fourth-order valence-electron chi connectivity index (χ4n) is 1.42. The minimum absolute atomic E-state index is 0.244.